The minimum atomic E-state index is -3.91. The van der Waals surface area contributed by atoms with Gasteiger partial charge in [-0.2, -0.15) is 0 Å². The Morgan fingerprint density at radius 2 is 1.74 bits per heavy atom. The number of halogens is 2. The average Bonchev–Trinajstić information content (AvgIpc) is 2.80. The average molecular weight is 532 g/mol. The number of hydrogen-bond donors (Lipinski definition) is 1. The van der Waals surface area contributed by atoms with Crippen LogP contribution in [-0.4, -0.2) is 65.2 Å². The second kappa shape index (κ2) is 11.6. The minimum absolute atomic E-state index is 0.00165. The molecule has 0 saturated carbocycles. The molecule has 0 aliphatic heterocycles. The summed E-state index contributed by atoms with van der Waals surface area (Å²) in [5.41, 5.74) is 0.771. The Labute approximate surface area is 209 Å². The molecule has 12 heteroatoms. The van der Waals surface area contributed by atoms with Crippen molar-refractivity contribution in [2.75, 3.05) is 38.4 Å². The van der Waals surface area contributed by atoms with Gasteiger partial charge in [-0.1, -0.05) is 29.3 Å². The minimum Gasteiger partial charge on any atom is -0.497 e. The van der Waals surface area contributed by atoms with Gasteiger partial charge in [0.1, 0.15) is 24.1 Å². The van der Waals surface area contributed by atoms with Crippen molar-refractivity contribution in [1.82, 2.24) is 10.2 Å². The third-order valence-electron chi connectivity index (χ3n) is 5.09. The smallest absolute Gasteiger partial charge is 0.244 e. The number of hydrogen-bond acceptors (Lipinski definition) is 6. The molecule has 0 aromatic heterocycles. The second-order valence-corrected chi connectivity index (χ2v) is 10.1. The first-order valence-corrected chi connectivity index (χ1v) is 12.7. The number of amides is 2. The van der Waals surface area contributed by atoms with Gasteiger partial charge in [0, 0.05) is 19.7 Å². The number of nitrogens with zero attached hydrogens (tertiary/aromatic N) is 2. The molecule has 1 atom stereocenters. The lowest BCUT2D eigenvalue weighted by atomic mass is 10.1. The predicted molar refractivity (Wildman–Crippen MR) is 132 cm³/mol. The molecule has 34 heavy (non-hydrogen) atoms. The van der Waals surface area contributed by atoms with Crippen LogP contribution in [0.25, 0.3) is 0 Å². The van der Waals surface area contributed by atoms with Gasteiger partial charge in [-0.3, -0.25) is 13.9 Å². The molecule has 0 fully saturated rings. The first kappa shape index (κ1) is 27.6. The molecule has 2 amide bonds. The number of benzene rings is 2. The van der Waals surface area contributed by atoms with Crippen LogP contribution in [0, 0.1) is 0 Å². The maximum atomic E-state index is 13.4. The highest BCUT2D eigenvalue weighted by Gasteiger charge is 2.31. The molecule has 0 spiro atoms. The molecule has 0 bridgehead atoms. The van der Waals surface area contributed by atoms with Gasteiger partial charge in [0.2, 0.25) is 21.8 Å². The Balaban J connectivity index is 2.47. The summed E-state index contributed by atoms with van der Waals surface area (Å²) < 4.78 is 36.8. The Morgan fingerprint density at radius 3 is 2.26 bits per heavy atom. The van der Waals surface area contributed by atoms with E-state index in [2.05, 4.69) is 5.32 Å². The van der Waals surface area contributed by atoms with Crippen LogP contribution in [0.3, 0.4) is 0 Å². The number of anilines is 1. The number of nitrogens with one attached hydrogen (secondary N) is 1. The monoisotopic (exact) mass is 531 g/mol. The molecule has 1 N–H and O–H groups in total. The highest BCUT2D eigenvalue weighted by Crippen LogP contribution is 2.33. The number of carbonyl (C=O) groups excluding carboxylic acids is 2. The zero-order chi connectivity index (χ0) is 25.6. The van der Waals surface area contributed by atoms with Crippen LogP contribution in [0.15, 0.2) is 36.4 Å². The number of sulfonamides is 1. The summed E-state index contributed by atoms with van der Waals surface area (Å²) in [5, 5.41) is 3.14. The van der Waals surface area contributed by atoms with E-state index in [0.29, 0.717) is 21.4 Å². The van der Waals surface area contributed by atoms with Crippen molar-refractivity contribution in [1.29, 1.82) is 0 Å². The van der Waals surface area contributed by atoms with Gasteiger partial charge in [-0.15, -0.1) is 0 Å². The number of carbonyl (C=O) groups is 2. The van der Waals surface area contributed by atoms with E-state index in [0.717, 1.165) is 10.6 Å². The van der Waals surface area contributed by atoms with Crippen molar-refractivity contribution in [2.45, 2.75) is 19.5 Å². The normalized spacial score (nSPS) is 12.0. The standard InChI is InChI=1S/C22H27Cl2N3O6S/c1-14(22(29)25-2)26(12-15-6-8-17(23)18(24)10-15)21(28)13-27(34(5,30)31)19-9-7-16(32-3)11-20(19)33-4/h6-11,14H,12-13H2,1-5H3,(H,25,29)/t14-/m0/s1. The molecular weight excluding hydrogens is 505 g/mol. The third-order valence-corrected chi connectivity index (χ3v) is 6.95. The molecule has 0 unspecified atom stereocenters. The zero-order valence-corrected chi connectivity index (χ0v) is 21.8. The molecule has 0 radical (unpaired) electrons. The summed E-state index contributed by atoms with van der Waals surface area (Å²) in [6.45, 7) is 0.985. The largest absolute Gasteiger partial charge is 0.497 e. The highest BCUT2D eigenvalue weighted by atomic mass is 35.5. The second-order valence-electron chi connectivity index (χ2n) is 7.37. The van der Waals surface area contributed by atoms with Crippen LogP contribution < -0.4 is 19.1 Å². The van der Waals surface area contributed by atoms with E-state index in [1.807, 2.05) is 0 Å². The molecular formula is C22H27Cl2N3O6S. The van der Waals surface area contributed by atoms with Gasteiger partial charge in [0.15, 0.2) is 0 Å². The van der Waals surface area contributed by atoms with Crippen molar-refractivity contribution in [3.05, 3.63) is 52.0 Å². The number of rotatable bonds is 10. The van der Waals surface area contributed by atoms with Crippen molar-refractivity contribution in [3.63, 3.8) is 0 Å². The summed E-state index contributed by atoms with van der Waals surface area (Å²) in [7, 11) is 0.386. The van der Waals surface area contributed by atoms with E-state index in [1.165, 1.54) is 38.3 Å². The van der Waals surface area contributed by atoms with Crippen molar-refractivity contribution in [2.24, 2.45) is 0 Å². The van der Waals surface area contributed by atoms with Gasteiger partial charge in [-0.25, -0.2) is 8.42 Å². The van der Waals surface area contributed by atoms with Crippen LogP contribution in [0.2, 0.25) is 10.0 Å². The van der Waals surface area contributed by atoms with E-state index >= 15 is 0 Å². The molecule has 2 aromatic rings. The molecule has 0 aliphatic carbocycles. The van der Waals surface area contributed by atoms with E-state index in [4.69, 9.17) is 32.7 Å². The molecule has 186 valence electrons. The van der Waals surface area contributed by atoms with E-state index in [1.54, 1.807) is 31.2 Å². The Bertz CT molecular complexity index is 1160. The lowest BCUT2D eigenvalue weighted by Crippen LogP contribution is -2.50. The van der Waals surface area contributed by atoms with Gasteiger partial charge < -0.3 is 19.7 Å². The van der Waals surface area contributed by atoms with E-state index < -0.39 is 34.4 Å². The SMILES string of the molecule is CNC(=O)[C@H](C)N(Cc1ccc(Cl)c(Cl)c1)C(=O)CN(c1ccc(OC)cc1OC)S(C)(=O)=O. The fourth-order valence-corrected chi connectivity index (χ4v) is 4.39. The topological polar surface area (TPSA) is 105 Å². The first-order valence-electron chi connectivity index (χ1n) is 10.1. The van der Waals surface area contributed by atoms with E-state index in [9.17, 15) is 18.0 Å². The van der Waals surface area contributed by atoms with Crippen LogP contribution >= 0.6 is 23.2 Å². The van der Waals surface area contributed by atoms with Gasteiger partial charge in [-0.05, 0) is 36.8 Å². The lowest BCUT2D eigenvalue weighted by molar-refractivity contribution is -0.139. The molecule has 0 saturated heterocycles. The summed E-state index contributed by atoms with van der Waals surface area (Å²) >= 11 is 12.1. The van der Waals surface area contributed by atoms with Crippen molar-refractivity contribution in [3.8, 4) is 11.5 Å². The van der Waals surface area contributed by atoms with Crippen LogP contribution in [-0.2, 0) is 26.2 Å². The van der Waals surface area contributed by atoms with Crippen LogP contribution in [0.1, 0.15) is 12.5 Å². The summed E-state index contributed by atoms with van der Waals surface area (Å²) in [6, 6.07) is 8.49. The molecule has 2 aromatic carbocycles. The Hall–Kier alpha value is -2.69. The van der Waals surface area contributed by atoms with Gasteiger partial charge in [0.05, 0.1) is 36.2 Å². The maximum Gasteiger partial charge on any atom is 0.244 e. The van der Waals surface area contributed by atoms with Crippen molar-refractivity contribution >= 4 is 50.7 Å². The molecule has 0 heterocycles. The van der Waals surface area contributed by atoms with Gasteiger partial charge in [0.25, 0.3) is 0 Å². The number of ether oxygens (including phenoxy) is 2. The summed E-state index contributed by atoms with van der Waals surface area (Å²) in [4.78, 5) is 27.1. The van der Waals surface area contributed by atoms with Crippen LogP contribution in [0.5, 0.6) is 11.5 Å². The predicted octanol–water partition coefficient (Wildman–Crippen LogP) is 2.94. The van der Waals surface area contributed by atoms with E-state index in [-0.39, 0.29) is 18.0 Å². The lowest BCUT2D eigenvalue weighted by Gasteiger charge is -2.31. The molecule has 9 nitrogen and oxygen atoms in total. The van der Waals surface area contributed by atoms with Crippen molar-refractivity contribution < 1.29 is 27.5 Å². The quantitative estimate of drug-likeness (QED) is 0.505. The Morgan fingerprint density at radius 1 is 1.06 bits per heavy atom. The highest BCUT2D eigenvalue weighted by molar-refractivity contribution is 7.92. The van der Waals surface area contributed by atoms with Crippen LogP contribution in [0.4, 0.5) is 5.69 Å². The third kappa shape index (κ3) is 6.68. The maximum absolute atomic E-state index is 13.4. The summed E-state index contributed by atoms with van der Waals surface area (Å²) in [5.74, 6) is -0.366. The Kier molecular flexibility index (Phi) is 9.43. The fraction of sp³-hybridized carbons (Fsp3) is 0.364. The number of likely N-dealkylation sites (N-methyl/N-ethyl adjacent to an activating group) is 1. The first-order chi connectivity index (χ1) is 15.9. The zero-order valence-electron chi connectivity index (χ0n) is 19.5. The number of methoxy groups -OCH3 is 2. The van der Waals surface area contributed by atoms with Gasteiger partial charge >= 0.3 is 0 Å². The molecule has 2 rings (SSSR count). The summed E-state index contributed by atoms with van der Waals surface area (Å²) in [6.07, 6.45) is 0.982. The fourth-order valence-electron chi connectivity index (χ4n) is 3.21. The molecule has 0 aliphatic rings.